The van der Waals surface area contributed by atoms with Crippen LogP contribution < -0.4 is 5.73 Å². The molecular weight excluding hydrogens is 210 g/mol. The summed E-state index contributed by atoms with van der Waals surface area (Å²) in [5.74, 6) is 0. The van der Waals surface area contributed by atoms with E-state index in [0.717, 1.165) is 12.8 Å². The lowest BCUT2D eigenvalue weighted by Gasteiger charge is -2.18. The second-order valence-electron chi connectivity index (χ2n) is 4.90. The lowest BCUT2D eigenvalue weighted by Crippen LogP contribution is -2.21. The zero-order chi connectivity index (χ0) is 12.8. The average Bonchev–Trinajstić information content (AvgIpc) is 2.26. The van der Waals surface area contributed by atoms with Crippen LogP contribution in [0.25, 0.3) is 0 Å². The largest absolute Gasteiger partial charge is 0.377 e. The Balaban J connectivity index is 2.54. The number of hydrogen-bond acceptors (Lipinski definition) is 2. The Kier molecular flexibility index (Phi) is 5.66. The number of ether oxygens (including phenoxy) is 1. The first kappa shape index (κ1) is 14.2. The zero-order valence-electron chi connectivity index (χ0n) is 11.5. The van der Waals surface area contributed by atoms with Gasteiger partial charge in [0.1, 0.15) is 0 Å². The Morgan fingerprint density at radius 3 is 2.59 bits per heavy atom. The number of aryl methyl sites for hydroxylation is 2. The second-order valence-corrected chi connectivity index (χ2v) is 4.90. The molecule has 0 radical (unpaired) electrons. The molecule has 0 saturated heterocycles. The fourth-order valence-corrected chi connectivity index (χ4v) is 2.09. The van der Waals surface area contributed by atoms with Gasteiger partial charge in [0.25, 0.3) is 0 Å². The van der Waals surface area contributed by atoms with E-state index in [-0.39, 0.29) is 6.04 Å². The molecule has 0 aliphatic heterocycles. The van der Waals surface area contributed by atoms with Crippen LogP contribution in [0, 0.1) is 13.8 Å². The summed E-state index contributed by atoms with van der Waals surface area (Å²) in [4.78, 5) is 0. The van der Waals surface area contributed by atoms with Crippen LogP contribution in [0.5, 0.6) is 0 Å². The van der Waals surface area contributed by atoms with Crippen molar-refractivity contribution < 1.29 is 4.74 Å². The van der Waals surface area contributed by atoms with Crippen molar-refractivity contribution in [3.8, 4) is 0 Å². The maximum Gasteiger partial charge on any atom is 0.0663 e. The van der Waals surface area contributed by atoms with Crippen molar-refractivity contribution in [1.82, 2.24) is 0 Å². The van der Waals surface area contributed by atoms with Gasteiger partial charge in [-0.05, 0) is 38.3 Å². The van der Waals surface area contributed by atoms with Crippen molar-refractivity contribution in [3.05, 3.63) is 34.9 Å². The first-order chi connectivity index (χ1) is 8.04. The average molecular weight is 235 g/mol. The number of rotatable bonds is 6. The number of benzene rings is 1. The monoisotopic (exact) mass is 235 g/mol. The van der Waals surface area contributed by atoms with Gasteiger partial charge in [0.2, 0.25) is 0 Å². The Morgan fingerprint density at radius 1 is 1.29 bits per heavy atom. The number of hydrogen-bond donors (Lipinski definition) is 1. The molecule has 17 heavy (non-hydrogen) atoms. The quantitative estimate of drug-likeness (QED) is 0.819. The molecule has 0 spiro atoms. The van der Waals surface area contributed by atoms with Gasteiger partial charge in [-0.2, -0.15) is 0 Å². The van der Waals surface area contributed by atoms with Crippen molar-refractivity contribution in [3.63, 3.8) is 0 Å². The zero-order valence-corrected chi connectivity index (χ0v) is 11.5. The summed E-state index contributed by atoms with van der Waals surface area (Å²) in [5.41, 5.74) is 9.89. The minimum atomic E-state index is -0.0186. The molecule has 0 aliphatic carbocycles. The second kappa shape index (κ2) is 6.77. The summed E-state index contributed by atoms with van der Waals surface area (Å²) < 4.78 is 5.76. The number of nitrogens with two attached hydrogens (primary N) is 1. The summed E-state index contributed by atoms with van der Waals surface area (Å²) in [7, 11) is 0. The fourth-order valence-electron chi connectivity index (χ4n) is 2.09. The predicted molar refractivity (Wildman–Crippen MR) is 73.2 cm³/mol. The van der Waals surface area contributed by atoms with Crippen LogP contribution in [-0.2, 0) is 4.74 Å². The Morgan fingerprint density at radius 2 is 2.00 bits per heavy atom. The van der Waals surface area contributed by atoms with Crippen LogP contribution in [0.1, 0.15) is 49.4 Å². The highest BCUT2D eigenvalue weighted by Crippen LogP contribution is 2.18. The third kappa shape index (κ3) is 4.49. The van der Waals surface area contributed by atoms with Crippen LogP contribution in [0.15, 0.2) is 18.2 Å². The molecule has 1 aromatic rings. The van der Waals surface area contributed by atoms with E-state index < -0.39 is 0 Å². The predicted octanol–water partition coefficient (Wildman–Crippen LogP) is 3.51. The summed E-state index contributed by atoms with van der Waals surface area (Å²) in [6, 6.07) is 6.38. The van der Waals surface area contributed by atoms with Crippen molar-refractivity contribution >= 4 is 0 Å². The van der Waals surface area contributed by atoms with Crippen molar-refractivity contribution in [1.29, 1.82) is 0 Å². The van der Waals surface area contributed by atoms with Gasteiger partial charge in [-0.25, -0.2) is 0 Å². The first-order valence-electron chi connectivity index (χ1n) is 6.49. The molecule has 2 nitrogen and oxygen atoms in total. The van der Waals surface area contributed by atoms with Gasteiger partial charge < -0.3 is 10.5 Å². The lowest BCUT2D eigenvalue weighted by molar-refractivity contribution is 0.0502. The van der Waals surface area contributed by atoms with Gasteiger partial charge in [0.15, 0.2) is 0 Å². The Bertz CT molecular complexity index is 349. The fraction of sp³-hybridized carbons (Fsp3) is 0.600. The van der Waals surface area contributed by atoms with Crippen LogP contribution in [0.2, 0.25) is 0 Å². The summed E-state index contributed by atoms with van der Waals surface area (Å²) in [6.07, 6.45) is 2.55. The van der Waals surface area contributed by atoms with E-state index in [0.29, 0.717) is 12.7 Å². The van der Waals surface area contributed by atoms with Crippen LogP contribution in [0.4, 0.5) is 0 Å². The molecule has 2 atom stereocenters. The molecule has 96 valence electrons. The molecule has 0 bridgehead atoms. The highest BCUT2D eigenvalue weighted by Gasteiger charge is 2.11. The van der Waals surface area contributed by atoms with E-state index in [1.807, 2.05) is 0 Å². The van der Waals surface area contributed by atoms with E-state index in [9.17, 15) is 0 Å². The van der Waals surface area contributed by atoms with Gasteiger partial charge in [-0.15, -0.1) is 0 Å². The molecule has 0 fully saturated rings. The van der Waals surface area contributed by atoms with Gasteiger partial charge >= 0.3 is 0 Å². The van der Waals surface area contributed by atoms with Crippen molar-refractivity contribution in [2.24, 2.45) is 5.73 Å². The first-order valence-corrected chi connectivity index (χ1v) is 6.49. The molecule has 1 rings (SSSR count). The van der Waals surface area contributed by atoms with Crippen LogP contribution in [-0.4, -0.2) is 12.7 Å². The summed E-state index contributed by atoms with van der Waals surface area (Å²) in [6.45, 7) is 9.09. The molecule has 2 heteroatoms. The summed E-state index contributed by atoms with van der Waals surface area (Å²) >= 11 is 0. The standard InChI is InChI=1S/C15H25NO/c1-5-6-13(4)17-10-15(16)14-8-7-11(2)9-12(14)3/h7-9,13,15H,5-6,10,16H2,1-4H3. The smallest absolute Gasteiger partial charge is 0.0663 e. The van der Waals surface area contributed by atoms with Crippen LogP contribution in [0.3, 0.4) is 0 Å². The lowest BCUT2D eigenvalue weighted by atomic mass is 10.0. The van der Waals surface area contributed by atoms with Crippen LogP contribution >= 0.6 is 0 Å². The molecule has 1 aromatic carbocycles. The minimum absolute atomic E-state index is 0.0186. The highest BCUT2D eigenvalue weighted by atomic mass is 16.5. The normalized spacial score (nSPS) is 14.6. The van der Waals surface area contributed by atoms with E-state index >= 15 is 0 Å². The Hall–Kier alpha value is -0.860. The molecule has 0 aromatic heterocycles. The molecule has 2 unspecified atom stereocenters. The molecule has 0 saturated carbocycles. The van der Waals surface area contributed by atoms with E-state index in [1.54, 1.807) is 0 Å². The van der Waals surface area contributed by atoms with Gasteiger partial charge in [0, 0.05) is 0 Å². The molecule has 2 N–H and O–H groups in total. The maximum absolute atomic E-state index is 6.17. The Labute approximate surface area is 105 Å². The van der Waals surface area contributed by atoms with Gasteiger partial charge in [0.05, 0.1) is 18.8 Å². The maximum atomic E-state index is 6.17. The van der Waals surface area contributed by atoms with Crippen molar-refractivity contribution in [2.75, 3.05) is 6.61 Å². The third-order valence-corrected chi connectivity index (χ3v) is 3.08. The summed E-state index contributed by atoms with van der Waals surface area (Å²) in [5, 5.41) is 0. The van der Waals surface area contributed by atoms with Crippen molar-refractivity contribution in [2.45, 2.75) is 52.7 Å². The SMILES string of the molecule is CCCC(C)OCC(N)c1ccc(C)cc1C. The highest BCUT2D eigenvalue weighted by molar-refractivity contribution is 5.32. The molecule has 0 heterocycles. The van der Waals surface area contributed by atoms with E-state index in [2.05, 4.69) is 45.9 Å². The topological polar surface area (TPSA) is 35.2 Å². The van der Waals surface area contributed by atoms with Gasteiger partial charge in [-0.1, -0.05) is 37.1 Å². The third-order valence-electron chi connectivity index (χ3n) is 3.08. The minimum Gasteiger partial charge on any atom is -0.377 e. The van der Waals surface area contributed by atoms with Gasteiger partial charge in [-0.3, -0.25) is 0 Å². The van der Waals surface area contributed by atoms with E-state index in [4.69, 9.17) is 10.5 Å². The van der Waals surface area contributed by atoms with E-state index in [1.165, 1.54) is 16.7 Å². The molecular formula is C15H25NO. The molecule has 0 aliphatic rings. The molecule has 0 amide bonds.